The zero-order valence-corrected chi connectivity index (χ0v) is 23.1. The number of nitrogen functional groups attached to an aromatic ring is 1. The molecule has 0 unspecified atom stereocenters. The summed E-state index contributed by atoms with van der Waals surface area (Å²) in [4.78, 5) is 15.4. The number of anilines is 1. The first kappa shape index (κ1) is 30.2. The molecule has 8 nitrogen and oxygen atoms in total. The zero-order chi connectivity index (χ0) is 25.4. The maximum Gasteiger partial charge on any atom is 0.208 e. The molecule has 11 heteroatoms. The van der Waals surface area contributed by atoms with Gasteiger partial charge >= 0.3 is 0 Å². The van der Waals surface area contributed by atoms with Crippen LogP contribution in [0.3, 0.4) is 0 Å². The molecule has 2 aromatic rings. The van der Waals surface area contributed by atoms with Crippen LogP contribution in [0.1, 0.15) is 41.6 Å². The number of ether oxygens (including phenoxy) is 2. The summed E-state index contributed by atoms with van der Waals surface area (Å²) < 4.78 is 36.2. The van der Waals surface area contributed by atoms with Crippen molar-refractivity contribution in [2.24, 2.45) is 5.92 Å². The molecule has 3 N–H and O–H groups in total. The number of likely N-dealkylation sites (tertiary alicyclic amines) is 1. The van der Waals surface area contributed by atoms with Crippen molar-refractivity contribution < 1.29 is 22.7 Å². The zero-order valence-electron chi connectivity index (χ0n) is 20.7. The highest BCUT2D eigenvalue weighted by atomic mass is 35.5. The van der Waals surface area contributed by atoms with Crippen LogP contribution in [0.4, 0.5) is 5.69 Å². The van der Waals surface area contributed by atoms with Crippen molar-refractivity contribution in [3.8, 4) is 11.5 Å². The number of nitrogens with two attached hydrogens (primary N) is 1. The highest BCUT2D eigenvalue weighted by Gasteiger charge is 2.22. The Bertz CT molecular complexity index is 1120. The number of hydrogen-bond acceptors (Lipinski definition) is 7. The summed E-state index contributed by atoms with van der Waals surface area (Å²) >= 11 is 6.22. The molecule has 1 saturated heterocycles. The Morgan fingerprint density at radius 1 is 1.22 bits per heavy atom. The van der Waals surface area contributed by atoms with E-state index in [1.54, 1.807) is 19.2 Å². The Labute approximate surface area is 224 Å². The van der Waals surface area contributed by atoms with E-state index in [0.29, 0.717) is 47.5 Å². The number of piperidine rings is 1. The number of methoxy groups -OCH3 is 1. The van der Waals surface area contributed by atoms with E-state index >= 15 is 0 Å². The van der Waals surface area contributed by atoms with Gasteiger partial charge in [0.2, 0.25) is 10.0 Å². The minimum atomic E-state index is -3.16. The number of benzene rings is 2. The van der Waals surface area contributed by atoms with Gasteiger partial charge in [0.1, 0.15) is 18.1 Å². The molecule has 0 radical (unpaired) electrons. The number of halogens is 2. The fraction of sp³-hybridized carbons (Fsp3) is 0.480. The second kappa shape index (κ2) is 14.0. The van der Waals surface area contributed by atoms with E-state index in [0.717, 1.165) is 43.7 Å². The summed E-state index contributed by atoms with van der Waals surface area (Å²) in [7, 11) is -1.55. The molecular weight excluding hydrogens is 525 g/mol. The van der Waals surface area contributed by atoms with Gasteiger partial charge in [-0.15, -0.1) is 12.4 Å². The third-order valence-corrected chi connectivity index (χ3v) is 7.26. The van der Waals surface area contributed by atoms with Crippen LogP contribution in [-0.4, -0.2) is 58.6 Å². The second-order valence-electron chi connectivity index (χ2n) is 8.92. The van der Waals surface area contributed by atoms with Crippen LogP contribution < -0.4 is 19.9 Å². The van der Waals surface area contributed by atoms with Gasteiger partial charge in [0.15, 0.2) is 5.78 Å². The highest BCUT2D eigenvalue weighted by molar-refractivity contribution is 7.88. The van der Waals surface area contributed by atoms with Crippen molar-refractivity contribution in [1.29, 1.82) is 0 Å². The number of rotatable bonds is 12. The molecule has 0 amide bonds. The minimum absolute atomic E-state index is 0. The van der Waals surface area contributed by atoms with Crippen LogP contribution >= 0.6 is 24.0 Å². The van der Waals surface area contributed by atoms with Gasteiger partial charge in [-0.05, 0) is 62.0 Å². The van der Waals surface area contributed by atoms with Gasteiger partial charge in [0.05, 0.1) is 29.6 Å². The van der Waals surface area contributed by atoms with Gasteiger partial charge in [0.25, 0.3) is 0 Å². The van der Waals surface area contributed by atoms with Crippen LogP contribution in [0.25, 0.3) is 0 Å². The van der Waals surface area contributed by atoms with E-state index < -0.39 is 10.0 Å². The predicted octanol–water partition coefficient (Wildman–Crippen LogP) is 4.16. The summed E-state index contributed by atoms with van der Waals surface area (Å²) in [5, 5.41) is 0.332. The number of Topliss-reactive ketones (excluding diaryl/α,β-unsaturated/α-hetero) is 1. The Hall–Kier alpha value is -2.04. The van der Waals surface area contributed by atoms with E-state index in [-0.39, 0.29) is 24.8 Å². The predicted molar refractivity (Wildman–Crippen MR) is 146 cm³/mol. The number of nitrogens with zero attached hydrogens (tertiary/aromatic N) is 1. The van der Waals surface area contributed by atoms with Gasteiger partial charge in [-0.1, -0.05) is 23.7 Å². The van der Waals surface area contributed by atoms with E-state index in [2.05, 4.69) is 9.62 Å². The number of carbonyl (C=O) groups excluding carboxylic acids is 1. The number of hydrogen-bond donors (Lipinski definition) is 2. The van der Waals surface area contributed by atoms with Crippen molar-refractivity contribution in [1.82, 2.24) is 9.62 Å². The van der Waals surface area contributed by atoms with Gasteiger partial charge in [-0.25, -0.2) is 13.1 Å². The summed E-state index contributed by atoms with van der Waals surface area (Å²) in [5.74, 6) is 1.58. The van der Waals surface area contributed by atoms with Crippen molar-refractivity contribution in [2.45, 2.75) is 32.3 Å². The van der Waals surface area contributed by atoms with Gasteiger partial charge in [-0.3, -0.25) is 4.79 Å². The van der Waals surface area contributed by atoms with E-state index in [4.69, 9.17) is 26.8 Å². The van der Waals surface area contributed by atoms with Crippen LogP contribution in [0.2, 0.25) is 5.02 Å². The maximum absolute atomic E-state index is 13.1. The molecular formula is C25H35Cl2N3O5S. The summed E-state index contributed by atoms with van der Waals surface area (Å²) in [6.45, 7) is 3.17. The van der Waals surface area contributed by atoms with Crippen molar-refractivity contribution >= 4 is 45.5 Å². The molecule has 1 heterocycles. The molecule has 1 aliphatic rings. The first-order valence-electron chi connectivity index (χ1n) is 11.7. The molecule has 36 heavy (non-hydrogen) atoms. The third kappa shape index (κ3) is 9.44. The lowest BCUT2D eigenvalue weighted by Gasteiger charge is -2.31. The molecule has 0 bridgehead atoms. The summed E-state index contributed by atoms with van der Waals surface area (Å²) in [6, 6.07) is 10.7. The Morgan fingerprint density at radius 3 is 2.61 bits per heavy atom. The van der Waals surface area contributed by atoms with Crippen molar-refractivity contribution in [3.05, 3.63) is 52.5 Å². The van der Waals surface area contributed by atoms with Crippen LogP contribution in [0.15, 0.2) is 36.4 Å². The molecule has 0 atom stereocenters. The second-order valence-corrected chi connectivity index (χ2v) is 11.2. The average Bonchev–Trinajstić information content (AvgIpc) is 2.83. The first-order valence-corrected chi connectivity index (χ1v) is 14.0. The minimum Gasteiger partial charge on any atom is -0.497 e. The van der Waals surface area contributed by atoms with Crippen molar-refractivity contribution in [2.75, 3.05) is 45.3 Å². The molecule has 0 saturated carbocycles. The molecule has 1 aliphatic heterocycles. The molecule has 3 rings (SSSR count). The number of carbonyl (C=O) groups is 1. The van der Waals surface area contributed by atoms with Gasteiger partial charge in [0, 0.05) is 25.6 Å². The first-order chi connectivity index (χ1) is 16.6. The molecule has 2 aromatic carbocycles. The van der Waals surface area contributed by atoms with Crippen molar-refractivity contribution in [3.63, 3.8) is 0 Å². The van der Waals surface area contributed by atoms with Crippen LogP contribution in [-0.2, 0) is 16.6 Å². The normalized spacial score (nSPS) is 14.8. The van der Waals surface area contributed by atoms with E-state index in [1.807, 2.05) is 24.3 Å². The Balaban J connectivity index is 0.00000456. The summed E-state index contributed by atoms with van der Waals surface area (Å²) in [5.41, 5.74) is 7.70. The fourth-order valence-corrected chi connectivity index (χ4v) is 4.81. The lowest BCUT2D eigenvalue weighted by atomic mass is 9.90. The van der Waals surface area contributed by atoms with E-state index in [1.165, 1.54) is 6.26 Å². The van der Waals surface area contributed by atoms with Crippen LogP contribution in [0.5, 0.6) is 11.5 Å². The molecule has 200 valence electrons. The lowest BCUT2D eigenvalue weighted by molar-refractivity contribution is 0.0958. The third-order valence-electron chi connectivity index (χ3n) is 6.21. The van der Waals surface area contributed by atoms with E-state index in [9.17, 15) is 13.2 Å². The lowest BCUT2D eigenvalue weighted by Crippen LogP contribution is -2.39. The topological polar surface area (TPSA) is 111 Å². The summed E-state index contributed by atoms with van der Waals surface area (Å²) in [6.07, 6.45) is 4.31. The Morgan fingerprint density at radius 2 is 1.94 bits per heavy atom. The fourth-order valence-electron chi connectivity index (χ4n) is 4.19. The number of ketones is 1. The molecule has 0 aromatic heterocycles. The van der Waals surface area contributed by atoms with Crippen LogP contribution in [0, 0.1) is 5.92 Å². The highest BCUT2D eigenvalue weighted by Crippen LogP contribution is 2.32. The molecule has 0 aliphatic carbocycles. The standard InChI is InChI=1S/C25H34ClN3O5S.ClH/c1-33-20-5-3-4-19(14-20)17-34-25-16-23(27)22(26)15-21(25)24(30)7-6-18-8-11-29(12-9-18)13-10-28-35(2,31)32;/h3-5,14-16,18,28H,6-13,17,27H2,1-2H3;1H. The van der Waals surface area contributed by atoms with Gasteiger partial charge < -0.3 is 20.1 Å². The molecule has 0 spiro atoms. The quantitative estimate of drug-likeness (QED) is 0.296. The smallest absolute Gasteiger partial charge is 0.208 e. The Kier molecular flexibility index (Phi) is 11.8. The number of nitrogens with one attached hydrogen (secondary N) is 1. The largest absolute Gasteiger partial charge is 0.497 e. The SMILES string of the molecule is COc1cccc(COc2cc(N)c(Cl)cc2C(=O)CCC2CCN(CCNS(C)(=O)=O)CC2)c1.Cl. The monoisotopic (exact) mass is 559 g/mol. The number of sulfonamides is 1. The average molecular weight is 561 g/mol. The molecule has 1 fully saturated rings. The maximum atomic E-state index is 13.1. The van der Waals surface area contributed by atoms with Gasteiger partial charge in [-0.2, -0.15) is 0 Å².